The summed E-state index contributed by atoms with van der Waals surface area (Å²) in [5, 5.41) is 12.7. The van der Waals surface area contributed by atoms with Gasteiger partial charge in [-0.2, -0.15) is 0 Å². The molecule has 1 heterocycles. The van der Waals surface area contributed by atoms with Crippen LogP contribution in [0.4, 0.5) is 0 Å². The highest BCUT2D eigenvalue weighted by Crippen LogP contribution is 2.27. The van der Waals surface area contributed by atoms with Crippen molar-refractivity contribution < 1.29 is 5.11 Å². The van der Waals surface area contributed by atoms with E-state index in [9.17, 15) is 5.11 Å². The fraction of sp³-hybridized carbons (Fsp3) is 0.333. The highest BCUT2D eigenvalue weighted by Gasteiger charge is 2.07. The smallest absolute Gasteiger partial charge is 0.125 e. The zero-order valence-electron chi connectivity index (χ0n) is 9.62. The van der Waals surface area contributed by atoms with Crippen LogP contribution in [0.15, 0.2) is 24.4 Å². The number of nitrogens with zero attached hydrogens (tertiary/aromatic N) is 1. The number of H-pyrrole nitrogens is 1. The maximum absolute atomic E-state index is 9.80. The Morgan fingerprint density at radius 3 is 2.94 bits per heavy atom. The van der Waals surface area contributed by atoms with Crippen LogP contribution in [0.25, 0.3) is 10.9 Å². The molecule has 0 saturated carbocycles. The van der Waals surface area contributed by atoms with Crippen LogP contribution in [0.2, 0.25) is 0 Å². The Bertz CT molecular complexity index is 476. The summed E-state index contributed by atoms with van der Waals surface area (Å²) in [5.41, 5.74) is 5.33. The topological polar surface area (TPSA) is 51.3 Å². The van der Waals surface area contributed by atoms with E-state index in [-0.39, 0.29) is 0 Å². The van der Waals surface area contributed by atoms with Gasteiger partial charge in [0.25, 0.3) is 0 Å². The Hall–Kier alpha value is -1.52. The van der Waals surface area contributed by atoms with Gasteiger partial charge in [0.05, 0.1) is 0 Å². The van der Waals surface area contributed by atoms with Gasteiger partial charge in [-0.15, -0.1) is 0 Å². The number of phenols is 1. The van der Waals surface area contributed by atoms with E-state index in [1.165, 1.54) is 0 Å². The number of phenolic OH excluding ortho intramolecular Hbond substituents is 1. The molecule has 1 aromatic heterocycles. The van der Waals surface area contributed by atoms with Crippen LogP contribution in [0.5, 0.6) is 5.75 Å². The number of nitrogens with one attached hydrogen (secondary N) is 2. The highest BCUT2D eigenvalue weighted by atomic mass is 16.3. The number of hydrazine groups is 1. The van der Waals surface area contributed by atoms with Gasteiger partial charge in [0, 0.05) is 37.7 Å². The van der Waals surface area contributed by atoms with Gasteiger partial charge in [-0.1, -0.05) is 6.07 Å². The Balaban J connectivity index is 2.18. The van der Waals surface area contributed by atoms with Crippen molar-refractivity contribution in [2.24, 2.45) is 0 Å². The van der Waals surface area contributed by atoms with Crippen LogP contribution in [0.1, 0.15) is 5.56 Å². The standard InChI is InChI=1S/C12H17N3O/c1-15(2)14-7-6-9-8-13-10-4-3-5-11(16)12(9)10/h3-5,8,13-14,16H,6-7H2,1-2H3. The monoisotopic (exact) mass is 219 g/mol. The van der Waals surface area contributed by atoms with Crippen molar-refractivity contribution in [3.8, 4) is 5.75 Å². The van der Waals surface area contributed by atoms with E-state index in [0.717, 1.165) is 29.4 Å². The van der Waals surface area contributed by atoms with Crippen molar-refractivity contribution in [1.29, 1.82) is 0 Å². The van der Waals surface area contributed by atoms with E-state index in [2.05, 4.69) is 10.4 Å². The number of aromatic hydroxyl groups is 1. The van der Waals surface area contributed by atoms with Gasteiger partial charge >= 0.3 is 0 Å². The maximum Gasteiger partial charge on any atom is 0.125 e. The number of hydrogen-bond acceptors (Lipinski definition) is 3. The Labute approximate surface area is 94.9 Å². The molecule has 0 bridgehead atoms. The summed E-state index contributed by atoms with van der Waals surface area (Å²) in [5.74, 6) is 0.346. The number of hydrogen-bond donors (Lipinski definition) is 3. The molecule has 16 heavy (non-hydrogen) atoms. The van der Waals surface area contributed by atoms with Crippen molar-refractivity contribution in [2.45, 2.75) is 6.42 Å². The summed E-state index contributed by atoms with van der Waals surface area (Å²) in [6.07, 6.45) is 2.84. The molecule has 0 fully saturated rings. The minimum atomic E-state index is 0.346. The van der Waals surface area contributed by atoms with E-state index in [1.54, 1.807) is 6.07 Å². The van der Waals surface area contributed by atoms with E-state index < -0.39 is 0 Å². The van der Waals surface area contributed by atoms with Crippen molar-refractivity contribution in [1.82, 2.24) is 15.4 Å². The number of aromatic amines is 1. The number of benzene rings is 1. The van der Waals surface area contributed by atoms with Gasteiger partial charge in [0.15, 0.2) is 0 Å². The average Bonchev–Trinajstić information content (AvgIpc) is 2.62. The third kappa shape index (κ3) is 2.18. The van der Waals surface area contributed by atoms with Crippen molar-refractivity contribution >= 4 is 10.9 Å². The van der Waals surface area contributed by atoms with Gasteiger partial charge in [-0.25, -0.2) is 0 Å². The molecule has 0 spiro atoms. The predicted octanol–water partition coefficient (Wildman–Crippen LogP) is 1.48. The largest absolute Gasteiger partial charge is 0.507 e. The summed E-state index contributed by atoms with van der Waals surface area (Å²) in [6, 6.07) is 5.53. The van der Waals surface area contributed by atoms with Crippen LogP contribution >= 0.6 is 0 Å². The normalized spacial score (nSPS) is 11.4. The first-order valence-electron chi connectivity index (χ1n) is 5.37. The lowest BCUT2D eigenvalue weighted by molar-refractivity contribution is 0.292. The second kappa shape index (κ2) is 4.55. The molecule has 0 unspecified atom stereocenters. The van der Waals surface area contributed by atoms with Gasteiger partial charge in [-0.05, 0) is 24.1 Å². The van der Waals surface area contributed by atoms with Gasteiger partial charge in [0.2, 0.25) is 0 Å². The fourth-order valence-corrected chi connectivity index (χ4v) is 1.85. The molecule has 86 valence electrons. The van der Waals surface area contributed by atoms with Gasteiger partial charge < -0.3 is 10.1 Å². The summed E-state index contributed by atoms with van der Waals surface area (Å²) >= 11 is 0. The van der Waals surface area contributed by atoms with E-state index in [4.69, 9.17) is 0 Å². The Kier molecular flexibility index (Phi) is 3.12. The minimum Gasteiger partial charge on any atom is -0.507 e. The zero-order valence-corrected chi connectivity index (χ0v) is 9.62. The summed E-state index contributed by atoms with van der Waals surface area (Å²) in [7, 11) is 3.93. The third-order valence-electron chi connectivity index (χ3n) is 2.59. The number of aromatic nitrogens is 1. The second-order valence-electron chi connectivity index (χ2n) is 4.07. The first-order chi connectivity index (χ1) is 7.68. The van der Waals surface area contributed by atoms with Gasteiger partial charge in [-0.3, -0.25) is 10.4 Å². The zero-order chi connectivity index (χ0) is 11.5. The van der Waals surface area contributed by atoms with Crippen LogP contribution in [0.3, 0.4) is 0 Å². The average molecular weight is 219 g/mol. The fourth-order valence-electron chi connectivity index (χ4n) is 1.85. The quantitative estimate of drug-likeness (QED) is 0.683. The van der Waals surface area contributed by atoms with E-state index >= 15 is 0 Å². The second-order valence-corrected chi connectivity index (χ2v) is 4.07. The SMILES string of the molecule is CN(C)NCCc1c[nH]c2cccc(O)c12. The summed E-state index contributed by atoms with van der Waals surface area (Å²) in [4.78, 5) is 3.17. The van der Waals surface area contributed by atoms with Gasteiger partial charge in [0.1, 0.15) is 5.75 Å². The lowest BCUT2D eigenvalue weighted by Gasteiger charge is -2.11. The molecule has 4 nitrogen and oxygen atoms in total. The molecule has 1 aromatic carbocycles. The lowest BCUT2D eigenvalue weighted by atomic mass is 10.1. The summed E-state index contributed by atoms with van der Waals surface area (Å²) in [6.45, 7) is 0.855. The molecule has 4 heteroatoms. The van der Waals surface area contributed by atoms with Crippen LogP contribution < -0.4 is 5.43 Å². The molecular formula is C12H17N3O. The highest BCUT2D eigenvalue weighted by molar-refractivity contribution is 5.88. The molecule has 0 aliphatic heterocycles. The van der Waals surface area contributed by atoms with Crippen molar-refractivity contribution in [3.05, 3.63) is 30.0 Å². The molecule has 0 saturated heterocycles. The molecule has 0 amide bonds. The predicted molar refractivity (Wildman–Crippen MR) is 65.4 cm³/mol. The molecule has 0 aliphatic rings. The Morgan fingerprint density at radius 2 is 2.19 bits per heavy atom. The molecular weight excluding hydrogens is 202 g/mol. The van der Waals surface area contributed by atoms with Crippen LogP contribution in [0, 0.1) is 0 Å². The third-order valence-corrected chi connectivity index (χ3v) is 2.59. The number of rotatable bonds is 4. The molecule has 2 rings (SSSR count). The first-order valence-corrected chi connectivity index (χ1v) is 5.37. The summed E-state index contributed by atoms with van der Waals surface area (Å²) < 4.78 is 0. The Morgan fingerprint density at radius 1 is 1.38 bits per heavy atom. The molecule has 3 N–H and O–H groups in total. The lowest BCUT2D eigenvalue weighted by Crippen LogP contribution is -2.31. The maximum atomic E-state index is 9.80. The first kappa shape index (κ1) is 11.0. The minimum absolute atomic E-state index is 0.346. The van der Waals surface area contributed by atoms with Crippen molar-refractivity contribution in [2.75, 3.05) is 20.6 Å². The number of fused-ring (bicyclic) bond motifs is 1. The molecule has 0 aliphatic carbocycles. The van der Waals surface area contributed by atoms with Crippen LogP contribution in [-0.2, 0) is 6.42 Å². The molecule has 0 radical (unpaired) electrons. The van der Waals surface area contributed by atoms with Crippen molar-refractivity contribution in [3.63, 3.8) is 0 Å². The molecule has 0 atom stereocenters. The van der Waals surface area contributed by atoms with E-state index in [0.29, 0.717) is 5.75 Å². The van der Waals surface area contributed by atoms with E-state index in [1.807, 2.05) is 37.4 Å². The van der Waals surface area contributed by atoms with Crippen LogP contribution in [-0.4, -0.2) is 35.7 Å². The molecule has 2 aromatic rings.